The Morgan fingerprint density at radius 1 is 1.27 bits per heavy atom. The van der Waals surface area contributed by atoms with E-state index in [0.29, 0.717) is 6.54 Å². The molecule has 4 nitrogen and oxygen atoms in total. The maximum absolute atomic E-state index is 12.1. The molecule has 0 aromatic rings. The lowest BCUT2D eigenvalue weighted by molar-refractivity contribution is -0.138. The molecule has 4 heteroatoms. The quantitative estimate of drug-likeness (QED) is 0.647. The summed E-state index contributed by atoms with van der Waals surface area (Å²) in [6.07, 6.45) is 4.35. The molecule has 2 fully saturated rings. The van der Waals surface area contributed by atoms with Crippen LogP contribution >= 0.6 is 0 Å². The second-order valence-corrected chi connectivity index (χ2v) is 4.78. The van der Waals surface area contributed by atoms with Gasteiger partial charge in [-0.25, -0.2) is 0 Å². The summed E-state index contributed by atoms with van der Waals surface area (Å²) in [5, 5.41) is 9.51. The summed E-state index contributed by atoms with van der Waals surface area (Å²) >= 11 is 0. The highest BCUT2D eigenvalue weighted by Crippen LogP contribution is 2.26. The Balaban J connectivity index is 1.94. The maximum Gasteiger partial charge on any atom is 0.227 e. The lowest BCUT2D eigenvalue weighted by Gasteiger charge is -2.32. The van der Waals surface area contributed by atoms with Crippen molar-refractivity contribution in [3.8, 4) is 0 Å². The van der Waals surface area contributed by atoms with Gasteiger partial charge in [0.15, 0.2) is 0 Å². The van der Waals surface area contributed by atoms with Crippen LogP contribution in [-0.2, 0) is 4.79 Å². The molecule has 2 rings (SSSR count). The molecule has 86 valence electrons. The van der Waals surface area contributed by atoms with Crippen molar-refractivity contribution in [2.75, 3.05) is 13.1 Å². The molecule has 0 radical (unpaired) electrons. The summed E-state index contributed by atoms with van der Waals surface area (Å²) in [6, 6.07) is 0.0385. The molecule has 1 heterocycles. The van der Waals surface area contributed by atoms with Crippen molar-refractivity contribution in [2.45, 2.75) is 44.2 Å². The second-order valence-electron chi connectivity index (χ2n) is 4.78. The SMILES string of the molecule is NC1CCCC1C(=O)N1CCCC(O)C1. The smallest absolute Gasteiger partial charge is 0.227 e. The first-order valence-corrected chi connectivity index (χ1v) is 5.91. The van der Waals surface area contributed by atoms with E-state index in [0.717, 1.165) is 38.6 Å². The fourth-order valence-corrected chi connectivity index (χ4v) is 2.68. The van der Waals surface area contributed by atoms with Gasteiger partial charge >= 0.3 is 0 Å². The van der Waals surface area contributed by atoms with E-state index >= 15 is 0 Å². The van der Waals surface area contributed by atoms with Crippen LogP contribution in [0.4, 0.5) is 0 Å². The number of hydrogen-bond donors (Lipinski definition) is 2. The molecule has 0 aromatic carbocycles. The third kappa shape index (κ3) is 2.32. The molecule has 0 bridgehead atoms. The van der Waals surface area contributed by atoms with Crippen molar-refractivity contribution in [1.82, 2.24) is 4.90 Å². The first-order valence-electron chi connectivity index (χ1n) is 5.91. The van der Waals surface area contributed by atoms with Gasteiger partial charge in [-0.2, -0.15) is 0 Å². The predicted molar refractivity (Wildman–Crippen MR) is 57.1 cm³/mol. The van der Waals surface area contributed by atoms with Crippen molar-refractivity contribution in [2.24, 2.45) is 11.7 Å². The molecule has 2 aliphatic rings. The number of amides is 1. The fourth-order valence-electron chi connectivity index (χ4n) is 2.68. The Kier molecular flexibility index (Phi) is 3.26. The van der Waals surface area contributed by atoms with Crippen LogP contribution in [0.5, 0.6) is 0 Å². The highest BCUT2D eigenvalue weighted by atomic mass is 16.3. The number of nitrogens with zero attached hydrogens (tertiary/aromatic N) is 1. The highest BCUT2D eigenvalue weighted by molar-refractivity contribution is 5.80. The summed E-state index contributed by atoms with van der Waals surface area (Å²) < 4.78 is 0. The molecule has 0 aromatic heterocycles. The molecule has 15 heavy (non-hydrogen) atoms. The number of β-amino-alcohol motifs (C(OH)–C–C–N with tert-alkyl or cyclic N) is 1. The van der Waals surface area contributed by atoms with Crippen LogP contribution in [-0.4, -0.2) is 41.1 Å². The van der Waals surface area contributed by atoms with Gasteiger partial charge in [0.05, 0.1) is 12.0 Å². The van der Waals surface area contributed by atoms with Gasteiger partial charge < -0.3 is 15.7 Å². The number of likely N-dealkylation sites (tertiary alicyclic amines) is 1. The number of aliphatic hydroxyl groups excluding tert-OH is 1. The molecule has 1 saturated heterocycles. The summed E-state index contributed by atoms with van der Waals surface area (Å²) in [4.78, 5) is 13.9. The normalized spacial score (nSPS) is 36.9. The number of aliphatic hydroxyl groups is 1. The van der Waals surface area contributed by atoms with Crippen LogP contribution < -0.4 is 5.73 Å². The monoisotopic (exact) mass is 212 g/mol. The van der Waals surface area contributed by atoms with Crippen molar-refractivity contribution in [3.63, 3.8) is 0 Å². The molecule has 1 aliphatic heterocycles. The van der Waals surface area contributed by atoms with Crippen LogP contribution in [0, 0.1) is 5.92 Å². The van der Waals surface area contributed by atoms with Gasteiger partial charge in [-0.15, -0.1) is 0 Å². The Morgan fingerprint density at radius 3 is 2.67 bits per heavy atom. The lowest BCUT2D eigenvalue weighted by Crippen LogP contribution is -2.47. The van der Waals surface area contributed by atoms with Crippen LogP contribution in [0.15, 0.2) is 0 Å². The van der Waals surface area contributed by atoms with E-state index in [1.807, 2.05) is 0 Å². The van der Waals surface area contributed by atoms with E-state index < -0.39 is 0 Å². The molecule has 3 atom stereocenters. The zero-order chi connectivity index (χ0) is 10.8. The zero-order valence-corrected chi connectivity index (χ0v) is 9.06. The first kappa shape index (κ1) is 10.9. The van der Waals surface area contributed by atoms with Crippen LogP contribution in [0.25, 0.3) is 0 Å². The summed E-state index contributed by atoms with van der Waals surface area (Å²) in [5.74, 6) is 0.175. The molecule has 1 saturated carbocycles. The topological polar surface area (TPSA) is 66.6 Å². The molecular formula is C11H20N2O2. The van der Waals surface area contributed by atoms with Crippen molar-refractivity contribution >= 4 is 5.91 Å². The third-order valence-electron chi connectivity index (χ3n) is 3.59. The molecule has 1 aliphatic carbocycles. The Bertz CT molecular complexity index is 245. The molecule has 3 unspecified atom stereocenters. The van der Waals surface area contributed by atoms with Gasteiger partial charge in [0.1, 0.15) is 0 Å². The molecule has 3 N–H and O–H groups in total. The van der Waals surface area contributed by atoms with E-state index in [1.54, 1.807) is 4.90 Å². The van der Waals surface area contributed by atoms with Gasteiger partial charge in [0, 0.05) is 19.1 Å². The molecular weight excluding hydrogens is 192 g/mol. The predicted octanol–water partition coefficient (Wildman–Crippen LogP) is 0.0971. The number of piperidine rings is 1. The van der Waals surface area contributed by atoms with Crippen LogP contribution in [0.1, 0.15) is 32.1 Å². The van der Waals surface area contributed by atoms with E-state index in [1.165, 1.54) is 0 Å². The van der Waals surface area contributed by atoms with Gasteiger partial charge in [-0.3, -0.25) is 4.79 Å². The minimum Gasteiger partial charge on any atom is -0.391 e. The van der Waals surface area contributed by atoms with Gasteiger partial charge in [0.25, 0.3) is 0 Å². The van der Waals surface area contributed by atoms with Crippen molar-refractivity contribution < 1.29 is 9.90 Å². The summed E-state index contributed by atoms with van der Waals surface area (Å²) in [7, 11) is 0. The van der Waals surface area contributed by atoms with E-state index in [9.17, 15) is 9.90 Å². The third-order valence-corrected chi connectivity index (χ3v) is 3.59. The summed E-state index contributed by atoms with van der Waals surface area (Å²) in [5.41, 5.74) is 5.91. The Hall–Kier alpha value is -0.610. The van der Waals surface area contributed by atoms with Crippen molar-refractivity contribution in [3.05, 3.63) is 0 Å². The summed E-state index contributed by atoms with van der Waals surface area (Å²) in [6.45, 7) is 1.29. The van der Waals surface area contributed by atoms with E-state index in [4.69, 9.17) is 5.73 Å². The largest absolute Gasteiger partial charge is 0.391 e. The highest BCUT2D eigenvalue weighted by Gasteiger charge is 2.34. The fraction of sp³-hybridized carbons (Fsp3) is 0.909. The number of rotatable bonds is 1. The minimum atomic E-state index is -0.333. The van der Waals surface area contributed by atoms with E-state index in [2.05, 4.69) is 0 Å². The molecule has 1 amide bonds. The van der Waals surface area contributed by atoms with Crippen LogP contribution in [0.3, 0.4) is 0 Å². The van der Waals surface area contributed by atoms with Crippen molar-refractivity contribution in [1.29, 1.82) is 0 Å². The lowest BCUT2D eigenvalue weighted by atomic mass is 10.00. The average molecular weight is 212 g/mol. The number of hydrogen-bond acceptors (Lipinski definition) is 3. The molecule has 0 spiro atoms. The number of carbonyl (C=O) groups excluding carboxylic acids is 1. The first-order chi connectivity index (χ1) is 7.18. The maximum atomic E-state index is 12.1. The zero-order valence-electron chi connectivity index (χ0n) is 9.06. The van der Waals surface area contributed by atoms with E-state index in [-0.39, 0.29) is 24.0 Å². The Morgan fingerprint density at radius 2 is 2.07 bits per heavy atom. The number of carbonyl (C=O) groups is 1. The minimum absolute atomic E-state index is 0.00954. The Labute approximate surface area is 90.4 Å². The average Bonchev–Trinajstić information content (AvgIpc) is 2.63. The van der Waals surface area contributed by atoms with Gasteiger partial charge in [-0.05, 0) is 25.7 Å². The standard InChI is InChI=1S/C11H20N2O2/c12-10-5-1-4-9(10)11(15)13-6-2-3-8(14)7-13/h8-10,14H,1-7,12H2. The van der Waals surface area contributed by atoms with Gasteiger partial charge in [0.2, 0.25) is 5.91 Å². The second kappa shape index (κ2) is 4.49. The van der Waals surface area contributed by atoms with Crippen LogP contribution in [0.2, 0.25) is 0 Å². The number of nitrogens with two attached hydrogens (primary N) is 1. The van der Waals surface area contributed by atoms with Gasteiger partial charge in [-0.1, -0.05) is 6.42 Å².